The molecular formula is C17H16F3N3O3. The van der Waals surface area contributed by atoms with Crippen LogP contribution in [0, 0.1) is 0 Å². The van der Waals surface area contributed by atoms with E-state index < -0.39 is 12.8 Å². The minimum Gasteiger partial charge on any atom is -0.478 e. The number of aromatic nitrogens is 3. The summed E-state index contributed by atoms with van der Waals surface area (Å²) in [7, 11) is 0. The van der Waals surface area contributed by atoms with Gasteiger partial charge in [0.15, 0.2) is 12.4 Å². The predicted octanol–water partition coefficient (Wildman–Crippen LogP) is 3.52. The molecule has 0 spiro atoms. The Morgan fingerprint density at radius 1 is 1.27 bits per heavy atom. The monoisotopic (exact) mass is 367 g/mol. The Morgan fingerprint density at radius 3 is 2.77 bits per heavy atom. The number of nitrogens with zero attached hydrogens (tertiary/aromatic N) is 3. The third kappa shape index (κ3) is 3.88. The Balaban J connectivity index is 1.89. The number of aryl methyl sites for hydroxylation is 1. The maximum Gasteiger partial charge on any atom is 0.422 e. The van der Waals surface area contributed by atoms with E-state index >= 15 is 0 Å². The number of hydrogen-bond donors (Lipinski definition) is 1. The van der Waals surface area contributed by atoms with Crippen LogP contribution < -0.4 is 9.47 Å². The number of aliphatic hydroxyl groups is 1. The minimum atomic E-state index is -4.46. The first kappa shape index (κ1) is 18.0. The van der Waals surface area contributed by atoms with Crippen molar-refractivity contribution in [1.82, 2.24) is 14.6 Å². The Bertz CT molecular complexity index is 909. The molecule has 3 rings (SSSR count). The van der Waals surface area contributed by atoms with Crippen LogP contribution in [0.25, 0.3) is 5.52 Å². The molecule has 0 bridgehead atoms. The van der Waals surface area contributed by atoms with Crippen LogP contribution in [0.2, 0.25) is 0 Å². The van der Waals surface area contributed by atoms with Gasteiger partial charge in [0, 0.05) is 24.0 Å². The smallest absolute Gasteiger partial charge is 0.422 e. The van der Waals surface area contributed by atoms with Crippen LogP contribution in [0.4, 0.5) is 13.2 Å². The van der Waals surface area contributed by atoms with Crippen molar-refractivity contribution >= 4 is 5.52 Å². The molecule has 3 aromatic rings. The summed E-state index contributed by atoms with van der Waals surface area (Å²) in [5.74, 6) is 0.193. The molecule has 0 fully saturated rings. The van der Waals surface area contributed by atoms with Gasteiger partial charge < -0.3 is 14.6 Å². The molecule has 1 N–H and O–H groups in total. The number of fused-ring (bicyclic) bond motifs is 1. The van der Waals surface area contributed by atoms with E-state index in [9.17, 15) is 18.3 Å². The number of hydrogen-bond acceptors (Lipinski definition) is 5. The molecule has 0 aliphatic heterocycles. The van der Waals surface area contributed by atoms with Crippen molar-refractivity contribution in [2.75, 3.05) is 6.61 Å². The van der Waals surface area contributed by atoms with E-state index in [2.05, 4.69) is 10.1 Å². The van der Waals surface area contributed by atoms with Crippen molar-refractivity contribution in [3.05, 3.63) is 47.9 Å². The molecule has 6 nitrogen and oxygen atoms in total. The lowest BCUT2D eigenvalue weighted by atomic mass is 10.1. The van der Waals surface area contributed by atoms with E-state index in [1.165, 1.54) is 18.3 Å². The number of rotatable bonds is 6. The van der Waals surface area contributed by atoms with E-state index in [4.69, 9.17) is 9.47 Å². The summed E-state index contributed by atoms with van der Waals surface area (Å²) in [5.41, 5.74) is 2.17. The summed E-state index contributed by atoms with van der Waals surface area (Å²) >= 11 is 0. The molecule has 0 unspecified atom stereocenters. The number of halogens is 3. The van der Waals surface area contributed by atoms with Crippen LogP contribution in [0.1, 0.15) is 18.2 Å². The van der Waals surface area contributed by atoms with Crippen LogP contribution >= 0.6 is 0 Å². The van der Waals surface area contributed by atoms with E-state index in [0.717, 1.165) is 11.1 Å². The van der Waals surface area contributed by atoms with Crippen LogP contribution in [-0.2, 0) is 13.0 Å². The van der Waals surface area contributed by atoms with Gasteiger partial charge in [-0.3, -0.25) is 0 Å². The zero-order valence-corrected chi connectivity index (χ0v) is 13.8. The fraction of sp³-hybridized carbons (Fsp3) is 0.294. The highest BCUT2D eigenvalue weighted by Gasteiger charge is 2.29. The van der Waals surface area contributed by atoms with Gasteiger partial charge in [-0.05, 0) is 24.6 Å². The molecule has 0 amide bonds. The summed E-state index contributed by atoms with van der Waals surface area (Å²) < 4.78 is 49.1. The van der Waals surface area contributed by atoms with Gasteiger partial charge in [0.05, 0.1) is 17.8 Å². The molecule has 3 heterocycles. The highest BCUT2D eigenvalue weighted by atomic mass is 19.4. The topological polar surface area (TPSA) is 68.9 Å². The van der Waals surface area contributed by atoms with Crippen molar-refractivity contribution < 1.29 is 27.8 Å². The van der Waals surface area contributed by atoms with Gasteiger partial charge in [-0.2, -0.15) is 18.3 Å². The Hall–Kier alpha value is -2.81. The minimum absolute atomic E-state index is 0.0685. The first-order valence-electron chi connectivity index (χ1n) is 7.84. The molecule has 9 heteroatoms. The summed E-state index contributed by atoms with van der Waals surface area (Å²) in [6.07, 6.45) is -0.761. The normalized spacial score (nSPS) is 11.7. The van der Waals surface area contributed by atoms with Gasteiger partial charge >= 0.3 is 6.18 Å². The van der Waals surface area contributed by atoms with E-state index in [-0.39, 0.29) is 18.2 Å². The highest BCUT2D eigenvalue weighted by molar-refractivity contribution is 5.59. The summed E-state index contributed by atoms with van der Waals surface area (Å²) in [4.78, 5) is 3.94. The summed E-state index contributed by atoms with van der Waals surface area (Å²) in [5, 5.41) is 13.7. The first-order valence-corrected chi connectivity index (χ1v) is 7.84. The van der Waals surface area contributed by atoms with Gasteiger partial charge in [-0.15, -0.1) is 0 Å². The van der Waals surface area contributed by atoms with Gasteiger partial charge in [-0.25, -0.2) is 9.50 Å². The van der Waals surface area contributed by atoms with Crippen molar-refractivity contribution in [1.29, 1.82) is 0 Å². The van der Waals surface area contributed by atoms with Gasteiger partial charge in [0.2, 0.25) is 0 Å². The van der Waals surface area contributed by atoms with Gasteiger partial charge in [-0.1, -0.05) is 6.92 Å². The molecule has 0 atom stereocenters. The van der Waals surface area contributed by atoms with E-state index in [1.54, 1.807) is 22.8 Å². The Kier molecular flexibility index (Phi) is 4.99. The molecular weight excluding hydrogens is 351 g/mol. The van der Waals surface area contributed by atoms with Crippen molar-refractivity contribution in [2.45, 2.75) is 26.1 Å². The predicted molar refractivity (Wildman–Crippen MR) is 86.4 cm³/mol. The SMILES string of the molecule is CCc1c(CO)nn2ccc(Oc3ncccc3OCC(F)(F)F)cc12. The lowest BCUT2D eigenvalue weighted by molar-refractivity contribution is -0.153. The number of pyridine rings is 2. The van der Waals surface area contributed by atoms with Crippen LogP contribution in [0.3, 0.4) is 0 Å². The van der Waals surface area contributed by atoms with E-state index in [1.807, 2.05) is 6.92 Å². The fourth-order valence-corrected chi connectivity index (χ4v) is 2.53. The molecule has 26 heavy (non-hydrogen) atoms. The highest BCUT2D eigenvalue weighted by Crippen LogP contribution is 2.31. The zero-order valence-electron chi connectivity index (χ0n) is 13.8. The second-order valence-electron chi connectivity index (χ2n) is 5.44. The quantitative estimate of drug-likeness (QED) is 0.722. The maximum atomic E-state index is 12.4. The lowest BCUT2D eigenvalue weighted by Crippen LogP contribution is -2.19. The maximum absolute atomic E-state index is 12.4. The first-order chi connectivity index (χ1) is 12.4. The molecule has 0 saturated heterocycles. The largest absolute Gasteiger partial charge is 0.478 e. The fourth-order valence-electron chi connectivity index (χ4n) is 2.53. The molecule has 138 valence electrons. The molecule has 0 saturated carbocycles. The van der Waals surface area contributed by atoms with Crippen LogP contribution in [-0.4, -0.2) is 32.5 Å². The van der Waals surface area contributed by atoms with Gasteiger partial charge in [0.1, 0.15) is 5.75 Å². The third-order valence-electron chi connectivity index (χ3n) is 3.64. The zero-order chi connectivity index (χ0) is 18.7. The second-order valence-corrected chi connectivity index (χ2v) is 5.44. The number of aliphatic hydroxyl groups excluding tert-OH is 1. The molecule has 3 aromatic heterocycles. The second kappa shape index (κ2) is 7.20. The Labute approximate surface area is 146 Å². The summed E-state index contributed by atoms with van der Waals surface area (Å²) in [6, 6.07) is 6.10. The van der Waals surface area contributed by atoms with Crippen molar-refractivity contribution in [3.8, 4) is 17.4 Å². The van der Waals surface area contributed by atoms with Crippen LogP contribution in [0.5, 0.6) is 17.4 Å². The standard InChI is InChI=1S/C17H16F3N3O3/c1-2-12-13(9-24)22-23-7-5-11(8-14(12)23)26-16-15(4-3-6-21-16)25-10-17(18,19)20/h3-8,24H,2,9-10H2,1H3. The average Bonchev–Trinajstić information content (AvgIpc) is 2.97. The lowest BCUT2D eigenvalue weighted by Gasteiger charge is -2.12. The molecule has 0 aromatic carbocycles. The molecule has 0 aliphatic carbocycles. The third-order valence-corrected chi connectivity index (χ3v) is 3.64. The van der Waals surface area contributed by atoms with Crippen molar-refractivity contribution in [2.24, 2.45) is 0 Å². The van der Waals surface area contributed by atoms with Crippen LogP contribution in [0.15, 0.2) is 36.7 Å². The average molecular weight is 367 g/mol. The van der Waals surface area contributed by atoms with Gasteiger partial charge in [0.25, 0.3) is 5.88 Å². The Morgan fingerprint density at radius 2 is 2.08 bits per heavy atom. The number of ether oxygens (including phenoxy) is 2. The number of alkyl halides is 3. The van der Waals surface area contributed by atoms with Crippen molar-refractivity contribution in [3.63, 3.8) is 0 Å². The molecule has 0 aliphatic rings. The molecule has 0 radical (unpaired) electrons. The van der Waals surface area contributed by atoms with E-state index in [0.29, 0.717) is 17.9 Å². The summed E-state index contributed by atoms with van der Waals surface area (Å²) in [6.45, 7) is 0.318.